The average Bonchev–Trinajstić information content (AvgIpc) is 3.01. The van der Waals surface area contributed by atoms with E-state index in [2.05, 4.69) is 23.8 Å². The molecule has 0 atom stereocenters. The van der Waals surface area contributed by atoms with Gasteiger partial charge < -0.3 is 9.80 Å². The quantitative estimate of drug-likeness (QED) is 0.618. The number of para-hydroxylation sites is 1. The Labute approximate surface area is 190 Å². The fourth-order valence-corrected chi connectivity index (χ4v) is 4.20. The highest BCUT2D eigenvalue weighted by atomic mass is 16.2. The maximum absolute atomic E-state index is 12.8. The van der Waals surface area contributed by atoms with E-state index in [-0.39, 0.29) is 11.3 Å². The van der Waals surface area contributed by atoms with Gasteiger partial charge in [0.15, 0.2) is 5.65 Å². The number of hydrogen-bond donors (Lipinski definition) is 0. The Morgan fingerprint density at radius 3 is 2.47 bits per heavy atom. The van der Waals surface area contributed by atoms with Crippen LogP contribution in [0.1, 0.15) is 46.9 Å². The summed E-state index contributed by atoms with van der Waals surface area (Å²) in [4.78, 5) is 27.0. The number of rotatable bonds is 4. The van der Waals surface area contributed by atoms with E-state index in [0.717, 1.165) is 60.8 Å². The molecule has 0 spiro atoms. The number of amides is 1. The molecule has 2 aromatic heterocycles. The smallest absolute Gasteiger partial charge is 0.228 e. The number of carbonyl (C=O) groups is 1. The summed E-state index contributed by atoms with van der Waals surface area (Å²) in [6.45, 7) is 13.4. The zero-order valence-electron chi connectivity index (χ0n) is 19.9. The van der Waals surface area contributed by atoms with Crippen molar-refractivity contribution in [3.05, 3.63) is 42.4 Å². The van der Waals surface area contributed by atoms with Crippen molar-refractivity contribution in [2.24, 2.45) is 11.3 Å². The molecule has 4 rings (SSSR count). The Bertz CT molecular complexity index is 1080. The largest absolute Gasteiger partial charge is 0.354 e. The average molecular weight is 435 g/mol. The summed E-state index contributed by atoms with van der Waals surface area (Å²) in [6.07, 6.45) is 3.60. The number of hydrogen-bond acceptors (Lipinski definition) is 5. The molecule has 1 saturated heterocycles. The van der Waals surface area contributed by atoms with E-state index in [9.17, 15) is 4.79 Å². The Hall–Kier alpha value is -2.96. The second-order valence-electron chi connectivity index (χ2n) is 10.1. The summed E-state index contributed by atoms with van der Waals surface area (Å²) < 4.78 is 1.90. The first-order valence-electron chi connectivity index (χ1n) is 11.6. The van der Waals surface area contributed by atoms with Crippen molar-refractivity contribution in [1.82, 2.24) is 24.6 Å². The van der Waals surface area contributed by atoms with Crippen LogP contribution in [0.2, 0.25) is 0 Å². The third-order valence-electron chi connectivity index (χ3n) is 5.77. The van der Waals surface area contributed by atoms with Crippen molar-refractivity contribution in [3.63, 3.8) is 0 Å². The molecule has 0 saturated carbocycles. The molecule has 0 radical (unpaired) electrons. The number of carbonyl (C=O) groups excluding carboxylic acids is 1. The summed E-state index contributed by atoms with van der Waals surface area (Å²) in [5.74, 6) is 2.44. The van der Waals surface area contributed by atoms with Gasteiger partial charge in [0.25, 0.3) is 0 Å². The summed E-state index contributed by atoms with van der Waals surface area (Å²) in [5.41, 5.74) is 1.46. The highest BCUT2D eigenvalue weighted by Gasteiger charge is 2.29. The van der Waals surface area contributed by atoms with Crippen LogP contribution >= 0.6 is 0 Å². The highest BCUT2D eigenvalue weighted by molar-refractivity contribution is 5.88. The molecule has 1 fully saturated rings. The summed E-state index contributed by atoms with van der Waals surface area (Å²) >= 11 is 0. The SMILES string of the molecule is CC(C)Cc1nc(N2CCCN(C(=O)C(C)(C)C)CC2)c2cnn(-c3ccccc3)c2n1. The molecule has 0 bridgehead atoms. The van der Waals surface area contributed by atoms with E-state index >= 15 is 0 Å². The van der Waals surface area contributed by atoms with Gasteiger partial charge in [0, 0.05) is 38.0 Å². The predicted molar refractivity (Wildman–Crippen MR) is 128 cm³/mol. The standard InChI is InChI=1S/C25H34N6O/c1-18(2)16-21-27-22(29-12-9-13-30(15-14-29)24(32)25(3,4)5)20-17-26-31(23(20)28-21)19-10-7-6-8-11-19/h6-8,10-11,17-18H,9,12-16H2,1-5H3. The topological polar surface area (TPSA) is 67.2 Å². The Morgan fingerprint density at radius 2 is 1.78 bits per heavy atom. The molecule has 1 amide bonds. The third-order valence-corrected chi connectivity index (χ3v) is 5.77. The lowest BCUT2D eigenvalue weighted by molar-refractivity contribution is -0.139. The molecule has 7 nitrogen and oxygen atoms in total. The van der Waals surface area contributed by atoms with E-state index in [1.165, 1.54) is 0 Å². The van der Waals surface area contributed by atoms with Gasteiger partial charge in [-0.05, 0) is 24.5 Å². The molecule has 0 N–H and O–H groups in total. The number of aromatic nitrogens is 4. The van der Waals surface area contributed by atoms with E-state index in [1.807, 2.05) is 66.9 Å². The van der Waals surface area contributed by atoms with Gasteiger partial charge >= 0.3 is 0 Å². The van der Waals surface area contributed by atoms with Gasteiger partial charge in [-0.25, -0.2) is 14.6 Å². The molecule has 7 heteroatoms. The van der Waals surface area contributed by atoms with Gasteiger partial charge in [-0.2, -0.15) is 5.10 Å². The van der Waals surface area contributed by atoms with Crippen LogP contribution in [0.3, 0.4) is 0 Å². The monoisotopic (exact) mass is 434 g/mol. The van der Waals surface area contributed by atoms with E-state index < -0.39 is 0 Å². The highest BCUT2D eigenvalue weighted by Crippen LogP contribution is 2.28. The van der Waals surface area contributed by atoms with Crippen molar-refractivity contribution in [2.45, 2.75) is 47.5 Å². The molecule has 3 heterocycles. The number of anilines is 1. The van der Waals surface area contributed by atoms with Gasteiger partial charge in [0.2, 0.25) is 5.91 Å². The first-order chi connectivity index (χ1) is 15.2. The molecular weight excluding hydrogens is 400 g/mol. The lowest BCUT2D eigenvalue weighted by Crippen LogP contribution is -2.41. The van der Waals surface area contributed by atoms with E-state index in [1.54, 1.807) is 0 Å². The van der Waals surface area contributed by atoms with Crippen LogP contribution in [0.4, 0.5) is 5.82 Å². The molecule has 3 aromatic rings. The molecular formula is C25H34N6O. The lowest BCUT2D eigenvalue weighted by atomic mass is 9.94. The lowest BCUT2D eigenvalue weighted by Gasteiger charge is -2.28. The van der Waals surface area contributed by atoms with Crippen molar-refractivity contribution in [2.75, 3.05) is 31.1 Å². The van der Waals surface area contributed by atoms with Crippen molar-refractivity contribution >= 4 is 22.8 Å². The van der Waals surface area contributed by atoms with Gasteiger partial charge in [0.05, 0.1) is 17.3 Å². The minimum absolute atomic E-state index is 0.213. The van der Waals surface area contributed by atoms with E-state index in [0.29, 0.717) is 12.5 Å². The van der Waals surface area contributed by atoms with Crippen molar-refractivity contribution < 1.29 is 4.79 Å². The Balaban J connectivity index is 1.71. The van der Waals surface area contributed by atoms with Crippen LogP contribution in [0, 0.1) is 11.3 Å². The normalized spacial score (nSPS) is 15.4. The molecule has 32 heavy (non-hydrogen) atoms. The first-order valence-corrected chi connectivity index (χ1v) is 11.6. The summed E-state index contributed by atoms with van der Waals surface area (Å²) in [7, 11) is 0. The van der Waals surface area contributed by atoms with Crippen molar-refractivity contribution in [3.8, 4) is 5.69 Å². The molecule has 1 aliphatic rings. The predicted octanol–water partition coefficient (Wildman–Crippen LogP) is 4.10. The van der Waals surface area contributed by atoms with Gasteiger partial charge in [-0.15, -0.1) is 0 Å². The Kier molecular flexibility index (Phi) is 6.17. The van der Waals surface area contributed by atoms with Crippen LogP contribution in [-0.4, -0.2) is 56.7 Å². The maximum atomic E-state index is 12.8. The zero-order chi connectivity index (χ0) is 22.9. The second kappa shape index (κ2) is 8.88. The van der Waals surface area contributed by atoms with Crippen molar-refractivity contribution in [1.29, 1.82) is 0 Å². The minimum Gasteiger partial charge on any atom is -0.354 e. The number of fused-ring (bicyclic) bond motifs is 1. The molecule has 0 unspecified atom stereocenters. The van der Waals surface area contributed by atoms with E-state index in [4.69, 9.17) is 9.97 Å². The number of benzene rings is 1. The van der Waals surface area contributed by atoms with Crippen LogP contribution in [-0.2, 0) is 11.2 Å². The first kappa shape index (κ1) is 22.2. The van der Waals surface area contributed by atoms with Gasteiger partial charge in [-0.3, -0.25) is 4.79 Å². The summed E-state index contributed by atoms with van der Waals surface area (Å²) in [5, 5.41) is 5.62. The minimum atomic E-state index is -0.362. The molecule has 1 aromatic carbocycles. The molecule has 1 aliphatic heterocycles. The van der Waals surface area contributed by atoms with Gasteiger partial charge in [-0.1, -0.05) is 52.8 Å². The third kappa shape index (κ3) is 4.61. The van der Waals surface area contributed by atoms with Gasteiger partial charge in [0.1, 0.15) is 11.6 Å². The Morgan fingerprint density at radius 1 is 1.03 bits per heavy atom. The summed E-state index contributed by atoms with van der Waals surface area (Å²) in [6, 6.07) is 10.1. The van der Waals surface area contributed by atoms with Crippen LogP contribution in [0.25, 0.3) is 16.7 Å². The zero-order valence-corrected chi connectivity index (χ0v) is 19.9. The molecule has 0 aliphatic carbocycles. The second-order valence-corrected chi connectivity index (χ2v) is 10.1. The fraction of sp³-hybridized carbons (Fsp3) is 0.520. The maximum Gasteiger partial charge on any atom is 0.228 e. The molecule has 170 valence electrons. The van der Waals surface area contributed by atoms with Crippen LogP contribution in [0.5, 0.6) is 0 Å². The fourth-order valence-electron chi connectivity index (χ4n) is 4.20. The number of nitrogens with zero attached hydrogens (tertiary/aromatic N) is 6. The van der Waals surface area contributed by atoms with Crippen LogP contribution in [0.15, 0.2) is 36.5 Å². The van der Waals surface area contributed by atoms with Crippen LogP contribution < -0.4 is 4.90 Å².